The number of carbonyl (C=O) groups is 1. The molecule has 0 spiro atoms. The number of fused-ring (bicyclic) bond motifs is 1. The molecular formula is C16H21N5O3S. The van der Waals surface area contributed by atoms with Gasteiger partial charge < -0.3 is 15.0 Å². The van der Waals surface area contributed by atoms with Gasteiger partial charge in [0.25, 0.3) is 5.91 Å². The van der Waals surface area contributed by atoms with E-state index < -0.39 is 22.1 Å². The summed E-state index contributed by atoms with van der Waals surface area (Å²) in [5.74, 6) is -0.333. The molecule has 3 atom stereocenters. The Morgan fingerprint density at radius 1 is 1.52 bits per heavy atom. The van der Waals surface area contributed by atoms with E-state index in [4.69, 9.17) is 4.78 Å². The van der Waals surface area contributed by atoms with Gasteiger partial charge in [0.1, 0.15) is 15.6 Å². The molecule has 0 bridgehead atoms. The lowest BCUT2D eigenvalue weighted by atomic mass is 10.0. The van der Waals surface area contributed by atoms with Crippen LogP contribution in [0.25, 0.3) is 0 Å². The summed E-state index contributed by atoms with van der Waals surface area (Å²) >= 11 is 0. The Kier molecular flexibility index (Phi) is 4.63. The molecule has 1 aliphatic rings. The number of pyridine rings is 1. The maximum Gasteiger partial charge on any atom is 0.272 e. The minimum Gasteiger partial charge on any atom is -0.392 e. The first-order valence-electron chi connectivity index (χ1n) is 7.93. The first-order chi connectivity index (χ1) is 11.8. The van der Waals surface area contributed by atoms with Crippen LogP contribution in [0.1, 0.15) is 29.4 Å². The number of aliphatic hydroxyl groups excluding tert-OH is 1. The highest BCUT2D eigenvalue weighted by atomic mass is 32.2. The third-order valence-electron chi connectivity index (χ3n) is 4.31. The van der Waals surface area contributed by atoms with Crippen LogP contribution in [0.4, 0.5) is 5.69 Å². The molecule has 2 aromatic rings. The molecule has 2 aromatic heterocycles. The fourth-order valence-corrected chi connectivity index (χ4v) is 4.76. The zero-order valence-electron chi connectivity index (χ0n) is 14.0. The highest BCUT2D eigenvalue weighted by Crippen LogP contribution is 2.28. The predicted molar refractivity (Wildman–Crippen MR) is 93.7 cm³/mol. The Hall–Kier alpha value is -2.23. The van der Waals surface area contributed by atoms with Gasteiger partial charge >= 0.3 is 0 Å². The van der Waals surface area contributed by atoms with Crippen molar-refractivity contribution < 1.29 is 14.1 Å². The minimum atomic E-state index is -3.30. The van der Waals surface area contributed by atoms with Crippen molar-refractivity contribution in [2.24, 2.45) is 7.05 Å². The zero-order valence-corrected chi connectivity index (χ0v) is 14.8. The monoisotopic (exact) mass is 363 g/mol. The van der Waals surface area contributed by atoms with Crippen molar-refractivity contribution >= 4 is 21.5 Å². The number of rotatable bonds is 3. The van der Waals surface area contributed by atoms with Crippen molar-refractivity contribution in [1.82, 2.24) is 14.3 Å². The summed E-state index contributed by atoms with van der Waals surface area (Å²) in [6.07, 6.45) is 4.92. The Morgan fingerprint density at radius 2 is 2.20 bits per heavy atom. The summed E-state index contributed by atoms with van der Waals surface area (Å²) < 4.78 is 25.3. The van der Waals surface area contributed by atoms with E-state index in [0.29, 0.717) is 34.7 Å². The summed E-state index contributed by atoms with van der Waals surface area (Å²) in [4.78, 5) is 16.9. The van der Waals surface area contributed by atoms with Crippen molar-refractivity contribution in [3.8, 4) is 0 Å². The predicted octanol–water partition coefficient (Wildman–Crippen LogP) is 1.28. The molecule has 2 unspecified atom stereocenters. The molecule has 9 heteroatoms. The van der Waals surface area contributed by atoms with Crippen molar-refractivity contribution in [1.29, 1.82) is 4.78 Å². The van der Waals surface area contributed by atoms with Gasteiger partial charge in [0, 0.05) is 42.9 Å². The van der Waals surface area contributed by atoms with E-state index >= 15 is 0 Å². The van der Waals surface area contributed by atoms with E-state index in [2.05, 4.69) is 15.0 Å². The fraction of sp³-hybridized carbons (Fsp3) is 0.375. The molecule has 0 aromatic carbocycles. The van der Waals surface area contributed by atoms with E-state index in [1.54, 1.807) is 49.3 Å². The minimum absolute atomic E-state index is 0.304. The summed E-state index contributed by atoms with van der Waals surface area (Å²) in [7, 11) is -1.61. The number of nitrogens with zero attached hydrogens (tertiary/aromatic N) is 2. The number of anilines is 1. The molecule has 0 fully saturated rings. The second-order valence-corrected chi connectivity index (χ2v) is 7.97. The average Bonchev–Trinajstić information content (AvgIpc) is 2.83. The fourth-order valence-electron chi connectivity index (χ4n) is 3.04. The first kappa shape index (κ1) is 17.6. The molecule has 0 radical (unpaired) electrons. The van der Waals surface area contributed by atoms with Gasteiger partial charge in [-0.25, -0.2) is 13.7 Å². The van der Waals surface area contributed by atoms with Crippen molar-refractivity contribution in [2.45, 2.75) is 36.8 Å². The summed E-state index contributed by atoms with van der Waals surface area (Å²) in [5, 5.41) is 12.6. The highest BCUT2D eigenvalue weighted by Gasteiger charge is 2.32. The molecule has 8 nitrogen and oxygen atoms in total. The van der Waals surface area contributed by atoms with Crippen LogP contribution in [0, 0.1) is 4.78 Å². The SMILES string of the molecule is CC(O)[C@H]1CCc2c(cn(C)c2C(=O)Nc2ccncc2)S(=N)(=O)N1. The lowest BCUT2D eigenvalue weighted by molar-refractivity contribution is 0.101. The molecule has 0 saturated heterocycles. The number of aryl methyl sites for hydroxylation is 1. The van der Waals surface area contributed by atoms with Gasteiger partial charge in [0.05, 0.1) is 11.0 Å². The lowest BCUT2D eigenvalue weighted by Gasteiger charge is -2.19. The molecule has 0 saturated carbocycles. The average molecular weight is 363 g/mol. The second-order valence-electron chi connectivity index (χ2n) is 6.18. The van der Waals surface area contributed by atoms with Gasteiger partial charge in [-0.1, -0.05) is 0 Å². The van der Waals surface area contributed by atoms with Crippen molar-refractivity contribution in [3.05, 3.63) is 42.0 Å². The van der Waals surface area contributed by atoms with Crippen molar-refractivity contribution in [2.75, 3.05) is 5.32 Å². The van der Waals surface area contributed by atoms with Crippen LogP contribution in [0.3, 0.4) is 0 Å². The maximum atomic E-state index is 12.8. The molecule has 134 valence electrons. The van der Waals surface area contributed by atoms with Crippen LogP contribution < -0.4 is 10.0 Å². The number of aromatic nitrogens is 2. The van der Waals surface area contributed by atoms with Crippen LogP contribution in [0.2, 0.25) is 0 Å². The van der Waals surface area contributed by atoms with Gasteiger partial charge in [-0.2, -0.15) is 0 Å². The normalized spacial score (nSPS) is 24.2. The standard InChI is InChI=1S/C16H21N5O3S/c1-10(22)13-4-3-12-14(25(17,24)20-13)9-21(2)15(12)16(23)19-11-5-7-18-8-6-11/h5-10,13,22H,3-4H2,1-2H3,(H2,17,20,24)(H,18,19,23)/t10?,13-,25?/m1/s1. The van der Waals surface area contributed by atoms with Gasteiger partial charge in [0.2, 0.25) is 0 Å². The van der Waals surface area contributed by atoms with Gasteiger partial charge in [-0.3, -0.25) is 9.78 Å². The lowest BCUT2D eigenvalue weighted by Crippen LogP contribution is -2.40. The third kappa shape index (κ3) is 3.44. The van der Waals surface area contributed by atoms with Gasteiger partial charge in [0.15, 0.2) is 0 Å². The largest absolute Gasteiger partial charge is 0.392 e. The highest BCUT2D eigenvalue weighted by molar-refractivity contribution is 7.90. The van der Waals surface area contributed by atoms with Crippen LogP contribution in [0.5, 0.6) is 0 Å². The molecule has 1 aliphatic heterocycles. The van der Waals surface area contributed by atoms with Crippen LogP contribution >= 0.6 is 0 Å². The van der Waals surface area contributed by atoms with E-state index in [9.17, 15) is 14.1 Å². The second kappa shape index (κ2) is 6.58. The van der Waals surface area contributed by atoms with E-state index in [1.807, 2.05) is 0 Å². The Morgan fingerprint density at radius 3 is 2.84 bits per heavy atom. The molecule has 0 aliphatic carbocycles. The number of aliphatic hydroxyl groups is 1. The number of hydrogen-bond donors (Lipinski definition) is 4. The molecular weight excluding hydrogens is 342 g/mol. The zero-order chi connectivity index (χ0) is 18.2. The Balaban J connectivity index is 1.99. The smallest absolute Gasteiger partial charge is 0.272 e. The number of hydrogen-bond acceptors (Lipinski definition) is 5. The molecule has 3 heterocycles. The van der Waals surface area contributed by atoms with Gasteiger partial charge in [-0.05, 0) is 31.9 Å². The summed E-state index contributed by atoms with van der Waals surface area (Å²) in [5.41, 5.74) is 1.57. The quantitative estimate of drug-likeness (QED) is 0.656. The van der Waals surface area contributed by atoms with Crippen LogP contribution in [-0.2, 0) is 23.4 Å². The summed E-state index contributed by atoms with van der Waals surface area (Å²) in [6.45, 7) is 1.60. The first-order valence-corrected chi connectivity index (χ1v) is 9.49. The third-order valence-corrected chi connectivity index (χ3v) is 5.92. The molecule has 1 amide bonds. The van der Waals surface area contributed by atoms with Crippen molar-refractivity contribution in [3.63, 3.8) is 0 Å². The number of nitrogens with one attached hydrogen (secondary N) is 3. The number of carbonyl (C=O) groups excluding carboxylic acids is 1. The molecule has 25 heavy (non-hydrogen) atoms. The van der Waals surface area contributed by atoms with E-state index in [-0.39, 0.29) is 5.91 Å². The van der Waals surface area contributed by atoms with Crippen LogP contribution in [0.15, 0.2) is 35.6 Å². The van der Waals surface area contributed by atoms with E-state index in [0.717, 1.165) is 0 Å². The summed E-state index contributed by atoms with van der Waals surface area (Å²) in [6, 6.07) is 2.90. The molecule has 3 rings (SSSR count). The topological polar surface area (TPSA) is 120 Å². The molecule has 4 N–H and O–H groups in total. The van der Waals surface area contributed by atoms with Gasteiger partial charge in [-0.15, -0.1) is 0 Å². The maximum absolute atomic E-state index is 12.8. The van der Waals surface area contributed by atoms with E-state index in [1.165, 1.54) is 0 Å². The Bertz CT molecular complexity index is 890. The number of amides is 1. The Labute approximate surface area is 146 Å². The van der Waals surface area contributed by atoms with Crippen LogP contribution in [-0.4, -0.2) is 36.9 Å².